The molecule has 3 heteroatoms. The highest BCUT2D eigenvalue weighted by Crippen LogP contribution is 2.11. The zero-order valence-corrected chi connectivity index (χ0v) is 8.63. The Morgan fingerprint density at radius 2 is 2.21 bits per heavy atom. The standard InChI is InChI=1S/C11H16N2O/c1-3-14-7-10-5-4-9(11(12)13)6-8(10)2/h4-6H,3,7H2,1-2H3,(H3,12,13). The lowest BCUT2D eigenvalue weighted by Gasteiger charge is -2.07. The van der Waals surface area contributed by atoms with Crippen LogP contribution >= 0.6 is 0 Å². The summed E-state index contributed by atoms with van der Waals surface area (Å²) in [6.07, 6.45) is 0. The molecule has 14 heavy (non-hydrogen) atoms. The van der Waals surface area contributed by atoms with Gasteiger partial charge in [-0.25, -0.2) is 0 Å². The van der Waals surface area contributed by atoms with Crippen molar-refractivity contribution in [2.75, 3.05) is 6.61 Å². The van der Waals surface area contributed by atoms with E-state index in [1.165, 1.54) is 0 Å². The molecule has 0 aliphatic heterocycles. The van der Waals surface area contributed by atoms with Crippen LogP contribution in [0.1, 0.15) is 23.6 Å². The molecule has 3 nitrogen and oxygen atoms in total. The highest BCUT2D eigenvalue weighted by molar-refractivity contribution is 5.95. The fourth-order valence-electron chi connectivity index (χ4n) is 1.24. The summed E-state index contributed by atoms with van der Waals surface area (Å²) >= 11 is 0. The summed E-state index contributed by atoms with van der Waals surface area (Å²) in [5.74, 6) is 0.107. The summed E-state index contributed by atoms with van der Waals surface area (Å²) in [5, 5.41) is 7.29. The van der Waals surface area contributed by atoms with E-state index in [0.29, 0.717) is 13.2 Å². The molecule has 0 heterocycles. The van der Waals surface area contributed by atoms with Gasteiger partial charge in [0.1, 0.15) is 5.84 Å². The number of rotatable bonds is 4. The predicted molar refractivity (Wildman–Crippen MR) is 57.5 cm³/mol. The Labute approximate surface area is 84.4 Å². The Morgan fingerprint density at radius 1 is 1.50 bits per heavy atom. The number of ether oxygens (including phenoxy) is 1. The maximum atomic E-state index is 7.29. The number of amidine groups is 1. The van der Waals surface area contributed by atoms with Crippen LogP contribution in [0.5, 0.6) is 0 Å². The summed E-state index contributed by atoms with van der Waals surface area (Å²) in [6.45, 7) is 5.31. The van der Waals surface area contributed by atoms with Gasteiger partial charge < -0.3 is 10.5 Å². The van der Waals surface area contributed by atoms with Crippen LogP contribution in [0.4, 0.5) is 0 Å². The average Bonchev–Trinajstić information content (AvgIpc) is 2.15. The number of benzene rings is 1. The van der Waals surface area contributed by atoms with E-state index in [0.717, 1.165) is 16.7 Å². The van der Waals surface area contributed by atoms with Crippen LogP contribution in [0.15, 0.2) is 18.2 Å². The summed E-state index contributed by atoms with van der Waals surface area (Å²) in [6, 6.07) is 5.72. The molecule has 0 fully saturated rings. The van der Waals surface area contributed by atoms with Crippen molar-refractivity contribution in [1.82, 2.24) is 0 Å². The summed E-state index contributed by atoms with van der Waals surface area (Å²) in [5.41, 5.74) is 8.42. The van der Waals surface area contributed by atoms with Crippen molar-refractivity contribution in [3.63, 3.8) is 0 Å². The van der Waals surface area contributed by atoms with E-state index in [-0.39, 0.29) is 5.84 Å². The summed E-state index contributed by atoms with van der Waals surface area (Å²) < 4.78 is 5.32. The molecule has 3 N–H and O–H groups in total. The van der Waals surface area contributed by atoms with Gasteiger partial charge in [0.05, 0.1) is 6.61 Å². The molecular formula is C11H16N2O. The predicted octanol–water partition coefficient (Wildman–Crippen LogP) is 1.82. The average molecular weight is 192 g/mol. The normalized spacial score (nSPS) is 10.1. The molecule has 0 saturated carbocycles. The van der Waals surface area contributed by atoms with Gasteiger partial charge in [0, 0.05) is 12.2 Å². The SMILES string of the molecule is CCOCc1ccc(C(=N)N)cc1C. The molecule has 1 aromatic rings. The third-order valence-corrected chi connectivity index (χ3v) is 2.12. The van der Waals surface area contributed by atoms with Gasteiger partial charge in [-0.15, -0.1) is 0 Å². The molecule has 0 spiro atoms. The number of hydrogen-bond acceptors (Lipinski definition) is 2. The van der Waals surface area contributed by atoms with Crippen LogP contribution < -0.4 is 5.73 Å². The molecule has 1 rings (SSSR count). The monoisotopic (exact) mass is 192 g/mol. The number of aryl methyl sites for hydroxylation is 1. The Bertz CT molecular complexity index is 334. The second kappa shape index (κ2) is 4.77. The van der Waals surface area contributed by atoms with Crippen LogP contribution in [0.25, 0.3) is 0 Å². The molecule has 0 bridgehead atoms. The number of nitrogen functional groups attached to an aromatic ring is 1. The minimum atomic E-state index is 0.107. The lowest BCUT2D eigenvalue weighted by atomic mass is 10.1. The zero-order valence-electron chi connectivity index (χ0n) is 8.63. The summed E-state index contributed by atoms with van der Waals surface area (Å²) in [4.78, 5) is 0. The van der Waals surface area contributed by atoms with E-state index in [2.05, 4.69) is 0 Å². The summed E-state index contributed by atoms with van der Waals surface area (Å²) in [7, 11) is 0. The van der Waals surface area contributed by atoms with Crippen LogP contribution in [0.2, 0.25) is 0 Å². The molecule has 0 aromatic heterocycles. The fourth-order valence-corrected chi connectivity index (χ4v) is 1.24. The van der Waals surface area contributed by atoms with Crippen molar-refractivity contribution < 1.29 is 4.74 Å². The first-order valence-corrected chi connectivity index (χ1v) is 4.66. The molecule has 76 valence electrons. The van der Waals surface area contributed by atoms with Crippen LogP contribution in [0.3, 0.4) is 0 Å². The Kier molecular flexibility index (Phi) is 3.65. The van der Waals surface area contributed by atoms with Gasteiger partial charge in [-0.1, -0.05) is 12.1 Å². The van der Waals surface area contributed by atoms with Gasteiger partial charge in [-0.2, -0.15) is 0 Å². The van der Waals surface area contributed by atoms with Crippen molar-refractivity contribution in [2.24, 2.45) is 5.73 Å². The fraction of sp³-hybridized carbons (Fsp3) is 0.364. The van der Waals surface area contributed by atoms with Gasteiger partial charge in [0.15, 0.2) is 0 Å². The molecule has 0 unspecified atom stereocenters. The lowest BCUT2D eigenvalue weighted by Crippen LogP contribution is -2.11. The topological polar surface area (TPSA) is 59.1 Å². The third kappa shape index (κ3) is 2.57. The molecule has 0 radical (unpaired) electrons. The number of hydrogen-bond donors (Lipinski definition) is 2. The van der Waals surface area contributed by atoms with E-state index >= 15 is 0 Å². The maximum Gasteiger partial charge on any atom is 0.122 e. The van der Waals surface area contributed by atoms with E-state index in [4.69, 9.17) is 15.9 Å². The van der Waals surface area contributed by atoms with E-state index in [9.17, 15) is 0 Å². The molecular weight excluding hydrogens is 176 g/mol. The molecule has 0 aliphatic carbocycles. The van der Waals surface area contributed by atoms with Crippen LogP contribution in [0, 0.1) is 12.3 Å². The van der Waals surface area contributed by atoms with Crippen molar-refractivity contribution >= 4 is 5.84 Å². The van der Waals surface area contributed by atoms with Crippen molar-refractivity contribution in [3.05, 3.63) is 34.9 Å². The molecule has 0 amide bonds. The van der Waals surface area contributed by atoms with Crippen molar-refractivity contribution in [3.8, 4) is 0 Å². The highest BCUT2D eigenvalue weighted by Gasteiger charge is 2.01. The number of nitrogens with one attached hydrogen (secondary N) is 1. The van der Waals surface area contributed by atoms with Gasteiger partial charge >= 0.3 is 0 Å². The largest absolute Gasteiger partial charge is 0.384 e. The van der Waals surface area contributed by atoms with Gasteiger partial charge in [0.25, 0.3) is 0 Å². The molecule has 0 aliphatic rings. The molecule has 0 saturated heterocycles. The first-order valence-electron chi connectivity index (χ1n) is 4.66. The van der Waals surface area contributed by atoms with E-state index in [1.807, 2.05) is 32.0 Å². The third-order valence-electron chi connectivity index (χ3n) is 2.12. The van der Waals surface area contributed by atoms with Crippen LogP contribution in [-0.4, -0.2) is 12.4 Å². The first kappa shape index (κ1) is 10.7. The smallest absolute Gasteiger partial charge is 0.122 e. The quantitative estimate of drug-likeness (QED) is 0.564. The van der Waals surface area contributed by atoms with E-state index in [1.54, 1.807) is 0 Å². The second-order valence-corrected chi connectivity index (χ2v) is 3.19. The van der Waals surface area contributed by atoms with Crippen LogP contribution in [-0.2, 0) is 11.3 Å². The maximum absolute atomic E-state index is 7.29. The Balaban J connectivity index is 2.84. The van der Waals surface area contributed by atoms with Gasteiger partial charge in [0.2, 0.25) is 0 Å². The van der Waals surface area contributed by atoms with E-state index < -0.39 is 0 Å². The molecule has 1 aromatic carbocycles. The zero-order chi connectivity index (χ0) is 10.6. The Hall–Kier alpha value is -1.35. The van der Waals surface area contributed by atoms with Gasteiger partial charge in [-0.05, 0) is 31.0 Å². The van der Waals surface area contributed by atoms with Crippen molar-refractivity contribution in [2.45, 2.75) is 20.5 Å². The lowest BCUT2D eigenvalue weighted by molar-refractivity contribution is 0.133. The van der Waals surface area contributed by atoms with Gasteiger partial charge in [-0.3, -0.25) is 5.41 Å². The van der Waals surface area contributed by atoms with Crippen molar-refractivity contribution in [1.29, 1.82) is 5.41 Å². The number of nitrogens with two attached hydrogens (primary N) is 1. The Morgan fingerprint density at radius 3 is 2.71 bits per heavy atom. The minimum absolute atomic E-state index is 0.107. The second-order valence-electron chi connectivity index (χ2n) is 3.19. The first-order chi connectivity index (χ1) is 6.65. The minimum Gasteiger partial charge on any atom is -0.384 e. The highest BCUT2D eigenvalue weighted by atomic mass is 16.5. The molecule has 0 atom stereocenters.